The van der Waals surface area contributed by atoms with Crippen molar-refractivity contribution in [3.8, 4) is 35.4 Å². The molecule has 6 aliphatic heterocycles. The Bertz CT molecular complexity index is 3200. The summed E-state index contributed by atoms with van der Waals surface area (Å²) in [7, 11) is 0. The third-order valence-electron chi connectivity index (χ3n) is 19.2. The van der Waals surface area contributed by atoms with Crippen LogP contribution < -0.4 is 25.2 Å². The quantitative estimate of drug-likeness (QED) is 0.0879. The summed E-state index contributed by atoms with van der Waals surface area (Å²) in [5.74, 6) is 4.91. The summed E-state index contributed by atoms with van der Waals surface area (Å²) in [4.78, 5) is 64.4. The van der Waals surface area contributed by atoms with Gasteiger partial charge in [-0.25, -0.2) is 4.39 Å². The van der Waals surface area contributed by atoms with Crippen LogP contribution in [0.5, 0.6) is 11.8 Å². The number of carbonyl (C=O) groups is 3. The number of imide groups is 1. The molecule has 8 fully saturated rings. The first-order valence-electron chi connectivity index (χ1n) is 28.2. The molecule has 15 nitrogen and oxygen atoms in total. The fourth-order valence-electron chi connectivity index (χ4n) is 14.6. The van der Waals surface area contributed by atoms with Crippen molar-refractivity contribution in [1.29, 1.82) is 0 Å². The number of amides is 3. The van der Waals surface area contributed by atoms with Crippen LogP contribution >= 0.6 is 0 Å². The van der Waals surface area contributed by atoms with Gasteiger partial charge in [-0.1, -0.05) is 18.1 Å². The molecule has 8 heterocycles. The van der Waals surface area contributed by atoms with Crippen LogP contribution in [0.1, 0.15) is 98.5 Å². The predicted octanol–water partition coefficient (Wildman–Crippen LogP) is 6.87. The van der Waals surface area contributed by atoms with Gasteiger partial charge in [0.15, 0.2) is 5.82 Å². The molecule has 76 heavy (non-hydrogen) atoms. The maximum Gasteiger partial charge on any atom is 0.319 e. The summed E-state index contributed by atoms with van der Waals surface area (Å²) in [6, 6.07) is 15.6. The van der Waals surface area contributed by atoms with Crippen molar-refractivity contribution in [3.63, 3.8) is 0 Å². The van der Waals surface area contributed by atoms with Gasteiger partial charge in [0.2, 0.25) is 11.8 Å². The lowest BCUT2D eigenvalue weighted by Crippen LogP contribution is -2.56. The van der Waals surface area contributed by atoms with Gasteiger partial charge in [-0.3, -0.25) is 34.5 Å². The van der Waals surface area contributed by atoms with Gasteiger partial charge in [0.05, 0.1) is 12.0 Å². The summed E-state index contributed by atoms with van der Waals surface area (Å²) >= 11 is 0. The van der Waals surface area contributed by atoms with E-state index in [1.54, 1.807) is 17.2 Å². The highest BCUT2D eigenvalue weighted by molar-refractivity contribution is 6.06. The molecule has 6 atom stereocenters. The number of hydrogen-bond donors (Lipinski definition) is 3. The zero-order chi connectivity index (χ0) is 51.4. The first-order valence-corrected chi connectivity index (χ1v) is 28.2. The number of nitrogens with one attached hydrogen (secondary N) is 2. The molecule has 3 aromatic carbocycles. The number of phenolic OH excluding ortho intramolecular Hbond substituents is 1. The van der Waals surface area contributed by atoms with Gasteiger partial charge in [0.25, 0.3) is 5.91 Å². The molecule has 3 aliphatic carbocycles. The molecule has 9 aliphatic rings. The molecule has 394 valence electrons. The van der Waals surface area contributed by atoms with E-state index in [-0.39, 0.29) is 52.5 Å². The molecule has 0 radical (unpaired) electrons. The summed E-state index contributed by atoms with van der Waals surface area (Å²) in [5.41, 5.74) is 3.95. The van der Waals surface area contributed by atoms with Crippen LogP contribution in [0.3, 0.4) is 0 Å². The number of nitrogens with zero attached hydrogens (tertiary/aromatic N) is 8. The van der Waals surface area contributed by atoms with E-state index in [0.29, 0.717) is 82.3 Å². The Morgan fingerprint density at radius 2 is 1.64 bits per heavy atom. The lowest BCUT2D eigenvalue weighted by molar-refractivity contribution is -0.136. The van der Waals surface area contributed by atoms with E-state index in [0.717, 1.165) is 126 Å². The maximum atomic E-state index is 17.5. The number of aromatic nitrogens is 3. The molecule has 2 aromatic heterocycles. The van der Waals surface area contributed by atoms with Gasteiger partial charge in [-0.05, 0) is 142 Å². The first kappa shape index (κ1) is 48.0. The summed E-state index contributed by atoms with van der Waals surface area (Å²) in [6.45, 7) is 9.53. The van der Waals surface area contributed by atoms with Crippen molar-refractivity contribution in [1.82, 2.24) is 40.3 Å². The molecule has 2 bridgehead atoms. The molecule has 16 heteroatoms. The monoisotopic (exact) mass is 1030 g/mol. The minimum Gasteiger partial charge on any atom is -0.508 e. The van der Waals surface area contributed by atoms with Gasteiger partial charge in [-0.2, -0.15) is 9.97 Å². The number of hydrogen-bond acceptors (Lipinski definition) is 13. The number of phenols is 1. The van der Waals surface area contributed by atoms with Crippen molar-refractivity contribution >= 4 is 50.9 Å². The average molecular weight is 1030 g/mol. The molecular formula is C60H67FN10O5. The number of piperazine rings is 2. The Labute approximate surface area is 442 Å². The minimum absolute atomic E-state index is 0.00255. The van der Waals surface area contributed by atoms with Crippen LogP contribution in [0.15, 0.2) is 54.7 Å². The zero-order valence-corrected chi connectivity index (χ0v) is 43.2. The largest absolute Gasteiger partial charge is 0.508 e. The molecule has 5 saturated heterocycles. The van der Waals surface area contributed by atoms with Gasteiger partial charge in [0, 0.05) is 129 Å². The molecule has 0 spiro atoms. The van der Waals surface area contributed by atoms with Crippen molar-refractivity contribution in [3.05, 3.63) is 77.2 Å². The lowest BCUT2D eigenvalue weighted by atomic mass is 9.69. The smallest absolute Gasteiger partial charge is 0.319 e. The van der Waals surface area contributed by atoms with E-state index in [1.807, 2.05) is 24.3 Å². The average Bonchev–Trinajstić information content (AvgIpc) is 4.40. The van der Waals surface area contributed by atoms with E-state index >= 15 is 4.39 Å². The van der Waals surface area contributed by atoms with Crippen molar-refractivity contribution in [2.45, 2.75) is 108 Å². The van der Waals surface area contributed by atoms with Gasteiger partial charge in [-0.15, -0.1) is 6.42 Å². The summed E-state index contributed by atoms with van der Waals surface area (Å²) < 4.78 is 24.2. The Morgan fingerprint density at radius 1 is 0.855 bits per heavy atom. The van der Waals surface area contributed by atoms with E-state index in [4.69, 9.17) is 26.1 Å². The van der Waals surface area contributed by atoms with Gasteiger partial charge in [0.1, 0.15) is 28.8 Å². The first-order chi connectivity index (χ1) is 37.0. The molecular weight excluding hydrogens is 960 g/mol. The van der Waals surface area contributed by atoms with E-state index in [1.165, 1.54) is 31.7 Å². The van der Waals surface area contributed by atoms with Crippen LogP contribution in [0.4, 0.5) is 15.9 Å². The maximum absolute atomic E-state index is 17.5. The minimum atomic E-state index is -0.609. The Balaban J connectivity index is 0.651. The second kappa shape index (κ2) is 19.0. The number of benzene rings is 3. The third-order valence-corrected chi connectivity index (χ3v) is 19.2. The number of carbonyl (C=O) groups excluding carboxylic acids is 3. The highest BCUT2D eigenvalue weighted by atomic mass is 19.1. The fraction of sp³-hybridized carbons (Fsp3) is 0.533. The fourth-order valence-corrected chi connectivity index (χ4v) is 14.6. The number of fused-ring (bicyclic) bond motifs is 6. The predicted molar refractivity (Wildman–Crippen MR) is 287 cm³/mol. The number of ether oxygens (including phenoxy) is 1. The second-order valence-electron chi connectivity index (χ2n) is 24.2. The van der Waals surface area contributed by atoms with Crippen molar-refractivity contribution in [2.75, 3.05) is 75.3 Å². The number of halogens is 1. The molecule has 3 N–H and O–H groups in total. The topological polar surface area (TPSA) is 160 Å². The number of rotatable bonds is 12. The highest BCUT2D eigenvalue weighted by Crippen LogP contribution is 2.49. The molecule has 5 aromatic rings. The SMILES string of the molecule is C#Cc1cccc2cc(O)cc(-c3ncc4c(N5CC6CC7CCC7CC(C5)N6)nc(OCC5(CN6CCN(CC7CCN(c8ccc9c(c8)CN(C8CCC(=O)NC8=O)C9=O)CC7)[C@@H](C7CC7)C6)CC5)nc4c3F)c12. The van der Waals surface area contributed by atoms with Crippen LogP contribution in [-0.2, 0) is 16.1 Å². The number of piperidine rings is 2. The summed E-state index contributed by atoms with van der Waals surface area (Å²) in [6.07, 6.45) is 20.1. The number of pyridine rings is 1. The summed E-state index contributed by atoms with van der Waals surface area (Å²) in [5, 5.41) is 19.1. The zero-order valence-electron chi connectivity index (χ0n) is 43.2. The van der Waals surface area contributed by atoms with Crippen molar-refractivity contribution in [2.24, 2.45) is 29.1 Å². The van der Waals surface area contributed by atoms with Gasteiger partial charge < -0.3 is 29.9 Å². The van der Waals surface area contributed by atoms with Crippen LogP contribution in [-0.4, -0.2) is 142 Å². The lowest BCUT2D eigenvalue weighted by Gasteiger charge is -2.45. The molecule has 3 saturated carbocycles. The third kappa shape index (κ3) is 8.89. The Kier molecular flexibility index (Phi) is 12.0. The number of aromatic hydroxyl groups is 1. The van der Waals surface area contributed by atoms with Crippen LogP contribution in [0, 0.1) is 47.2 Å². The second-order valence-corrected chi connectivity index (χ2v) is 24.2. The highest BCUT2D eigenvalue weighted by Gasteiger charge is 2.48. The number of terminal acetylenes is 1. The Morgan fingerprint density at radius 3 is 2.38 bits per heavy atom. The molecule has 14 rings (SSSR count). The standard InChI is InChI=1S/C60H67FN10O5/c1-2-36-4-3-5-40-25-45(72)26-47(52(36)40)54-53(61)55-48(27-62-54)56(70-30-42-22-38-8-9-39(38)23-43(31-70)63-42)66-59(65-55)76-34-60(16-17-60)33-67-20-21-69(50(32-67)37-6-7-37)28-35-14-18-68(19-15-35)44-10-11-46-41(24-44)29-71(58(46)75)49-12-13-51(73)64-57(49)74/h1,3-5,10-11,24-27,35,37-39,42-43,49-50,63,72H,6-9,12-23,28-34H2,(H,64,73,74)/t38?,39?,42?,43?,49?,50-/m1/s1. The molecule has 5 unspecified atom stereocenters. The molecule has 3 amide bonds. The van der Waals surface area contributed by atoms with Crippen LogP contribution in [0.2, 0.25) is 0 Å². The van der Waals surface area contributed by atoms with Crippen molar-refractivity contribution < 1.29 is 28.6 Å². The number of anilines is 2. The Hall–Kier alpha value is -6.41. The van der Waals surface area contributed by atoms with E-state index in [9.17, 15) is 19.5 Å². The van der Waals surface area contributed by atoms with E-state index < -0.39 is 11.9 Å². The van der Waals surface area contributed by atoms with Gasteiger partial charge >= 0.3 is 6.01 Å². The van der Waals surface area contributed by atoms with Crippen LogP contribution in [0.25, 0.3) is 32.9 Å². The van der Waals surface area contributed by atoms with E-state index in [2.05, 4.69) is 48.3 Å². The normalized spacial score (nSPS) is 27.7.